The molecule has 0 aromatic heterocycles. The van der Waals surface area contributed by atoms with Gasteiger partial charge in [0.05, 0.1) is 6.10 Å². The Balaban J connectivity index is 1.75. The Kier molecular flexibility index (Phi) is 5.55. The minimum Gasteiger partial charge on any atom is -0.468 e. The predicted octanol–water partition coefficient (Wildman–Crippen LogP) is 3.11. The predicted molar refractivity (Wildman–Crippen MR) is 83.7 cm³/mol. The smallest absolute Gasteiger partial charge is 0.186 e. The van der Waals surface area contributed by atoms with Gasteiger partial charge in [-0.3, -0.25) is 0 Å². The van der Waals surface area contributed by atoms with Gasteiger partial charge in [0, 0.05) is 5.92 Å². The zero-order chi connectivity index (χ0) is 15.4. The summed E-state index contributed by atoms with van der Waals surface area (Å²) >= 11 is 0. The van der Waals surface area contributed by atoms with Gasteiger partial charge < -0.3 is 19.7 Å². The number of allylic oxidation sites excluding steroid dienone is 1. The summed E-state index contributed by atoms with van der Waals surface area (Å²) in [4.78, 5) is 0. The highest BCUT2D eigenvalue weighted by Gasteiger charge is 2.37. The van der Waals surface area contributed by atoms with Gasteiger partial charge in [0.2, 0.25) is 0 Å². The third-order valence-electron chi connectivity index (χ3n) is 5.73. The van der Waals surface area contributed by atoms with E-state index in [1.807, 2.05) is 12.2 Å². The van der Waals surface area contributed by atoms with Crippen LogP contribution >= 0.6 is 0 Å². The molecule has 4 heteroatoms. The van der Waals surface area contributed by atoms with Crippen LogP contribution in [0.2, 0.25) is 0 Å². The molecule has 0 saturated heterocycles. The number of hydrogen-bond donors (Lipinski definition) is 2. The summed E-state index contributed by atoms with van der Waals surface area (Å²) in [5.41, 5.74) is 1.29. The van der Waals surface area contributed by atoms with Crippen molar-refractivity contribution in [1.29, 1.82) is 0 Å². The van der Waals surface area contributed by atoms with Gasteiger partial charge in [0.25, 0.3) is 0 Å². The van der Waals surface area contributed by atoms with E-state index in [4.69, 9.17) is 19.7 Å². The van der Waals surface area contributed by atoms with E-state index >= 15 is 0 Å². The summed E-state index contributed by atoms with van der Waals surface area (Å²) < 4.78 is 10.9. The van der Waals surface area contributed by atoms with Crippen LogP contribution in [0, 0.1) is 17.8 Å². The highest BCUT2D eigenvalue weighted by molar-refractivity contribution is 5.31. The Bertz CT molecular complexity index is 423. The van der Waals surface area contributed by atoms with Gasteiger partial charge in [0.1, 0.15) is 12.6 Å². The lowest BCUT2D eigenvalue weighted by Crippen LogP contribution is -2.34. The van der Waals surface area contributed by atoms with Gasteiger partial charge >= 0.3 is 0 Å². The summed E-state index contributed by atoms with van der Waals surface area (Å²) in [5, 5.41) is 18.2. The van der Waals surface area contributed by atoms with E-state index in [9.17, 15) is 0 Å². The number of aliphatic hydroxyl groups excluding tert-OH is 2. The molecule has 0 aromatic carbocycles. The minimum atomic E-state index is -0.282. The van der Waals surface area contributed by atoms with Gasteiger partial charge in [-0.2, -0.15) is 0 Å². The Hall–Kier alpha value is -0.840. The molecule has 3 aliphatic rings. The summed E-state index contributed by atoms with van der Waals surface area (Å²) in [7, 11) is 0. The molecule has 3 aliphatic carbocycles. The van der Waals surface area contributed by atoms with Crippen LogP contribution in [0.1, 0.15) is 51.4 Å². The van der Waals surface area contributed by atoms with Crippen LogP contribution in [0.15, 0.2) is 23.5 Å². The Morgan fingerprint density at radius 3 is 2.50 bits per heavy atom. The van der Waals surface area contributed by atoms with Gasteiger partial charge in [-0.15, -0.1) is 0 Å². The van der Waals surface area contributed by atoms with E-state index in [1.165, 1.54) is 44.1 Å². The average molecular weight is 308 g/mol. The summed E-state index contributed by atoms with van der Waals surface area (Å²) in [6, 6.07) is 0. The molecule has 3 unspecified atom stereocenters. The highest BCUT2D eigenvalue weighted by Crippen LogP contribution is 2.46. The zero-order valence-electron chi connectivity index (χ0n) is 13.2. The molecular formula is C18H28O4. The summed E-state index contributed by atoms with van der Waals surface area (Å²) in [6.45, 7) is -0.531. The molecule has 22 heavy (non-hydrogen) atoms. The second-order valence-electron chi connectivity index (χ2n) is 6.83. The maximum Gasteiger partial charge on any atom is 0.186 e. The lowest BCUT2D eigenvalue weighted by atomic mass is 9.67. The first-order valence-electron chi connectivity index (χ1n) is 8.71. The Morgan fingerprint density at radius 1 is 0.955 bits per heavy atom. The monoisotopic (exact) mass is 308 g/mol. The van der Waals surface area contributed by atoms with Crippen molar-refractivity contribution in [3.63, 3.8) is 0 Å². The fourth-order valence-electron chi connectivity index (χ4n) is 4.65. The van der Waals surface area contributed by atoms with E-state index < -0.39 is 0 Å². The lowest BCUT2D eigenvalue weighted by Gasteiger charge is -2.41. The molecule has 0 spiro atoms. The van der Waals surface area contributed by atoms with E-state index in [0.29, 0.717) is 5.92 Å². The third-order valence-corrected chi connectivity index (χ3v) is 5.73. The van der Waals surface area contributed by atoms with Crippen molar-refractivity contribution in [1.82, 2.24) is 0 Å². The summed E-state index contributed by atoms with van der Waals surface area (Å²) in [5.74, 6) is 2.70. The number of fused-ring (bicyclic) bond motifs is 1. The molecule has 2 saturated carbocycles. The van der Waals surface area contributed by atoms with Crippen molar-refractivity contribution in [2.45, 2.75) is 57.5 Å². The largest absolute Gasteiger partial charge is 0.468 e. The molecule has 124 valence electrons. The van der Waals surface area contributed by atoms with Gasteiger partial charge in [0.15, 0.2) is 6.79 Å². The molecule has 4 nitrogen and oxygen atoms in total. The average Bonchev–Trinajstić information content (AvgIpc) is 2.58. The first-order chi connectivity index (χ1) is 10.8. The maximum atomic E-state index is 9.13. The highest BCUT2D eigenvalue weighted by atomic mass is 16.6. The second kappa shape index (κ2) is 7.62. The molecule has 0 heterocycles. The Morgan fingerprint density at radius 2 is 1.77 bits per heavy atom. The molecule has 0 aliphatic heterocycles. The summed E-state index contributed by atoms with van der Waals surface area (Å²) in [6.07, 6.45) is 14.1. The van der Waals surface area contributed by atoms with Gasteiger partial charge in [-0.05, 0) is 42.7 Å². The quantitative estimate of drug-likeness (QED) is 0.766. The molecule has 2 fully saturated rings. The van der Waals surface area contributed by atoms with Crippen LogP contribution < -0.4 is 0 Å². The lowest BCUT2D eigenvalue weighted by molar-refractivity contribution is -0.0555. The van der Waals surface area contributed by atoms with Crippen LogP contribution in [0.25, 0.3) is 0 Å². The van der Waals surface area contributed by atoms with Crippen LogP contribution in [0.5, 0.6) is 0 Å². The van der Waals surface area contributed by atoms with Crippen molar-refractivity contribution in [3.8, 4) is 0 Å². The maximum absolute atomic E-state index is 9.13. The number of ether oxygens (including phenoxy) is 2. The van der Waals surface area contributed by atoms with Crippen molar-refractivity contribution < 1.29 is 19.7 Å². The number of rotatable bonds is 5. The van der Waals surface area contributed by atoms with Crippen LogP contribution in [0.3, 0.4) is 0 Å². The van der Waals surface area contributed by atoms with E-state index in [1.54, 1.807) is 0 Å². The standard InChI is InChI=1S/C18H28O4/c19-11-21-17-8-9-18(22-12-20)16-10-14(6-7-15(16)17)13-4-2-1-3-5-13/h8-9,13-15,17,19-20H,1-7,10-12H2. The molecule has 0 aromatic rings. The second-order valence-corrected chi connectivity index (χ2v) is 6.83. The van der Waals surface area contributed by atoms with Crippen molar-refractivity contribution in [2.75, 3.05) is 13.6 Å². The molecule has 3 atom stereocenters. The Labute approximate surface area is 132 Å². The van der Waals surface area contributed by atoms with Crippen molar-refractivity contribution >= 4 is 0 Å². The van der Waals surface area contributed by atoms with Crippen LogP contribution in [0.4, 0.5) is 0 Å². The van der Waals surface area contributed by atoms with Crippen molar-refractivity contribution in [2.24, 2.45) is 17.8 Å². The molecule has 2 N–H and O–H groups in total. The topological polar surface area (TPSA) is 58.9 Å². The molecule has 0 radical (unpaired) electrons. The van der Waals surface area contributed by atoms with E-state index in [2.05, 4.69) is 0 Å². The minimum absolute atomic E-state index is 0.0571. The van der Waals surface area contributed by atoms with Crippen LogP contribution in [-0.2, 0) is 9.47 Å². The van der Waals surface area contributed by atoms with E-state index in [-0.39, 0.29) is 19.7 Å². The number of hydrogen-bond acceptors (Lipinski definition) is 4. The third kappa shape index (κ3) is 3.39. The molecule has 0 amide bonds. The molecule has 0 bridgehead atoms. The van der Waals surface area contributed by atoms with Gasteiger partial charge in [-0.25, -0.2) is 0 Å². The number of aliphatic hydroxyl groups is 2. The first kappa shape index (κ1) is 16.0. The SMILES string of the molecule is OCOC1=C2CC(C3CCCCC3)CCC2C(OCO)C=C1. The first-order valence-corrected chi connectivity index (χ1v) is 8.71. The fourth-order valence-corrected chi connectivity index (χ4v) is 4.65. The fraction of sp³-hybridized carbons (Fsp3) is 0.778. The molecular weight excluding hydrogens is 280 g/mol. The normalized spacial score (nSPS) is 32.9. The van der Waals surface area contributed by atoms with Crippen molar-refractivity contribution in [3.05, 3.63) is 23.5 Å². The zero-order valence-corrected chi connectivity index (χ0v) is 13.2. The van der Waals surface area contributed by atoms with E-state index in [0.717, 1.165) is 30.4 Å². The van der Waals surface area contributed by atoms with Crippen LogP contribution in [-0.4, -0.2) is 29.9 Å². The molecule has 3 rings (SSSR count). The van der Waals surface area contributed by atoms with Gasteiger partial charge in [-0.1, -0.05) is 38.2 Å².